The fraction of sp³-hybridized carbons (Fsp3) is 0.879. The molecule has 10 heteroatoms. The number of esters is 1. The quantitative estimate of drug-likeness (QED) is 0.0212. The van der Waals surface area contributed by atoms with Crippen LogP contribution >= 0.6 is 7.82 Å². The number of allylic oxidation sites excluding steroid dienone is 5. The van der Waals surface area contributed by atoms with Crippen molar-refractivity contribution in [1.82, 2.24) is 5.32 Å². The van der Waals surface area contributed by atoms with Gasteiger partial charge in [0.1, 0.15) is 19.3 Å². The number of likely N-dealkylation sites (N-methyl/N-ethyl adjacent to an activating group) is 1. The van der Waals surface area contributed by atoms with Crippen molar-refractivity contribution >= 4 is 19.7 Å². The highest BCUT2D eigenvalue weighted by Crippen LogP contribution is 2.38. The van der Waals surface area contributed by atoms with Crippen LogP contribution in [0.3, 0.4) is 0 Å². The molecule has 0 aliphatic heterocycles. The molecule has 1 amide bonds. The van der Waals surface area contributed by atoms with Crippen molar-refractivity contribution in [1.29, 1.82) is 0 Å². The summed E-state index contributed by atoms with van der Waals surface area (Å²) in [4.78, 5) is 40.0. The maximum absolute atomic E-state index is 13.6. The Hall–Kier alpha value is -1.77. The lowest BCUT2D eigenvalue weighted by atomic mass is 10.0. The molecule has 0 aromatic heterocycles. The van der Waals surface area contributed by atoms with Crippen LogP contribution in [0.15, 0.2) is 36.5 Å². The summed E-state index contributed by atoms with van der Waals surface area (Å²) >= 11 is 0. The Balaban J connectivity index is 5.12. The van der Waals surface area contributed by atoms with Gasteiger partial charge in [-0.25, -0.2) is 0 Å². The fourth-order valence-corrected chi connectivity index (χ4v) is 10.5. The summed E-state index contributed by atoms with van der Waals surface area (Å²) in [5.74, 6) is -0.535. The van der Waals surface area contributed by atoms with Gasteiger partial charge in [0.05, 0.1) is 33.8 Å². The van der Waals surface area contributed by atoms with Crippen molar-refractivity contribution < 1.29 is 37.3 Å². The third-order valence-corrected chi connectivity index (χ3v) is 15.8. The number of hydrogen-bond acceptors (Lipinski definition) is 7. The summed E-state index contributed by atoms with van der Waals surface area (Å²) in [6, 6.07) is -0.888. The molecule has 0 aliphatic carbocycles. The number of hydrogen-bond donors (Lipinski definition) is 1. The number of amides is 1. The number of ether oxygens (including phenoxy) is 1. The van der Waals surface area contributed by atoms with Crippen molar-refractivity contribution in [3.8, 4) is 0 Å². The van der Waals surface area contributed by atoms with Crippen molar-refractivity contribution in [2.75, 3.05) is 40.9 Å². The molecule has 0 saturated carbocycles. The Labute approximate surface area is 472 Å². The van der Waals surface area contributed by atoms with Crippen molar-refractivity contribution in [2.45, 2.75) is 335 Å². The number of carbonyl (C=O) groups excluding carboxylic acids is 2. The van der Waals surface area contributed by atoms with Crippen LogP contribution in [0.4, 0.5) is 0 Å². The Morgan fingerprint density at radius 1 is 0.474 bits per heavy atom. The van der Waals surface area contributed by atoms with Crippen LogP contribution in [0.2, 0.25) is 0 Å². The molecular weight excluding hydrogens is 964 g/mol. The highest BCUT2D eigenvalue weighted by Gasteiger charge is 2.27. The maximum atomic E-state index is 13.6. The molecule has 0 aromatic rings. The molecule has 0 spiro atoms. The largest absolute Gasteiger partial charge is 0.756 e. The molecule has 0 saturated heterocycles. The predicted molar refractivity (Wildman–Crippen MR) is 326 cm³/mol. The molecule has 76 heavy (non-hydrogen) atoms. The normalized spacial score (nSPS) is 13.8. The van der Waals surface area contributed by atoms with Crippen molar-refractivity contribution in [3.05, 3.63) is 36.5 Å². The van der Waals surface area contributed by atoms with Crippen LogP contribution in [0, 0.1) is 0 Å². The standard InChI is InChI=1S/C66H127N2O7P/c1-7-10-13-16-19-22-25-28-30-31-32-33-34-35-36-37-38-40-43-46-49-52-55-58-65(69)67-63(62-74-76(71,72)73-61-60-68(4,5)6)64(57-54-51-48-45-42-39-27-24-21-18-15-12-9-3)75-66(70)59-56-53-50-47-44-41-29-26-23-20-17-14-11-8-2/h11,14,20,23,54,57,63-64H,7-10,12-13,15-19,21-22,24-53,55-56,58-62H2,1-6H3,(H-,67,69,71,72)/b14-11+,23-20+,57-54-. The first-order valence-electron chi connectivity index (χ1n) is 32.8. The van der Waals surface area contributed by atoms with E-state index in [2.05, 4.69) is 50.4 Å². The van der Waals surface area contributed by atoms with Crippen molar-refractivity contribution in [2.24, 2.45) is 0 Å². The van der Waals surface area contributed by atoms with E-state index in [1.165, 1.54) is 205 Å². The van der Waals surface area contributed by atoms with Gasteiger partial charge >= 0.3 is 5.97 Å². The van der Waals surface area contributed by atoms with Gasteiger partial charge in [0.15, 0.2) is 0 Å². The lowest BCUT2D eigenvalue weighted by molar-refractivity contribution is -0.870. The molecule has 0 radical (unpaired) electrons. The van der Waals surface area contributed by atoms with Gasteiger partial charge in [-0.1, -0.05) is 289 Å². The first kappa shape index (κ1) is 74.2. The first-order valence-corrected chi connectivity index (χ1v) is 34.3. The molecule has 1 N–H and O–H groups in total. The number of rotatable bonds is 60. The number of nitrogens with one attached hydrogen (secondary N) is 1. The van der Waals surface area contributed by atoms with E-state index < -0.39 is 20.0 Å². The maximum Gasteiger partial charge on any atom is 0.306 e. The lowest BCUT2D eigenvalue weighted by Crippen LogP contribution is -2.47. The first-order chi connectivity index (χ1) is 36.9. The van der Waals surface area contributed by atoms with Crippen LogP contribution in [0.5, 0.6) is 0 Å². The highest BCUT2D eigenvalue weighted by molar-refractivity contribution is 7.45. The number of phosphoric acid groups is 1. The van der Waals surface area contributed by atoms with Gasteiger partial charge in [-0.3, -0.25) is 14.2 Å². The number of unbranched alkanes of at least 4 members (excludes halogenated alkanes) is 40. The molecule has 0 aromatic carbocycles. The minimum absolute atomic E-state index is 0.0212. The smallest absolute Gasteiger partial charge is 0.306 e. The zero-order chi connectivity index (χ0) is 55.7. The van der Waals surface area contributed by atoms with Gasteiger partial charge in [-0.05, 0) is 57.4 Å². The summed E-state index contributed by atoms with van der Waals surface area (Å²) in [5, 5.41) is 3.04. The molecule has 9 nitrogen and oxygen atoms in total. The molecule has 0 aliphatic rings. The Morgan fingerprint density at radius 2 is 0.842 bits per heavy atom. The second kappa shape index (κ2) is 56.5. The number of phosphoric ester groups is 1. The third-order valence-electron chi connectivity index (χ3n) is 14.8. The molecule has 3 unspecified atom stereocenters. The average molecular weight is 1090 g/mol. The Morgan fingerprint density at radius 3 is 1.25 bits per heavy atom. The van der Waals surface area contributed by atoms with Crippen molar-refractivity contribution in [3.63, 3.8) is 0 Å². The summed E-state index contributed by atoms with van der Waals surface area (Å²) < 4.78 is 30.4. The summed E-state index contributed by atoms with van der Waals surface area (Å²) in [6.07, 6.45) is 68.3. The van der Waals surface area contributed by atoms with Gasteiger partial charge in [0, 0.05) is 12.8 Å². The van der Waals surface area contributed by atoms with E-state index in [-0.39, 0.29) is 31.5 Å². The predicted octanol–water partition coefficient (Wildman–Crippen LogP) is 19.7. The number of nitrogens with zero attached hydrogens (tertiary/aromatic N) is 1. The zero-order valence-electron chi connectivity index (χ0n) is 51.2. The summed E-state index contributed by atoms with van der Waals surface area (Å²) in [5.41, 5.74) is 0. The molecule has 0 rings (SSSR count). The minimum atomic E-state index is -4.70. The molecule has 0 bridgehead atoms. The number of quaternary nitrogens is 1. The molecule has 0 heterocycles. The fourth-order valence-electron chi connectivity index (χ4n) is 9.80. The van der Waals surface area contributed by atoms with Crippen LogP contribution < -0.4 is 10.2 Å². The van der Waals surface area contributed by atoms with Crippen LogP contribution in [0.25, 0.3) is 0 Å². The Bertz CT molecular complexity index is 1400. The van der Waals surface area contributed by atoms with E-state index in [0.717, 1.165) is 83.5 Å². The van der Waals surface area contributed by atoms with E-state index in [1.807, 2.05) is 33.3 Å². The summed E-state index contributed by atoms with van der Waals surface area (Å²) in [7, 11) is 1.19. The number of carbonyl (C=O) groups is 2. The average Bonchev–Trinajstić information content (AvgIpc) is 3.38. The van der Waals surface area contributed by atoms with Gasteiger partial charge in [0.25, 0.3) is 7.82 Å². The topological polar surface area (TPSA) is 114 Å². The van der Waals surface area contributed by atoms with E-state index in [1.54, 1.807) is 0 Å². The van der Waals surface area contributed by atoms with Gasteiger partial charge < -0.3 is 28.5 Å². The van der Waals surface area contributed by atoms with E-state index >= 15 is 0 Å². The third kappa shape index (κ3) is 56.9. The molecule has 448 valence electrons. The van der Waals surface area contributed by atoms with E-state index in [9.17, 15) is 19.0 Å². The second-order valence-corrected chi connectivity index (χ2v) is 25.0. The molecule has 3 atom stereocenters. The molecular formula is C66H127N2O7P. The van der Waals surface area contributed by atoms with Gasteiger partial charge in [-0.2, -0.15) is 0 Å². The van der Waals surface area contributed by atoms with Crippen LogP contribution in [-0.4, -0.2) is 69.4 Å². The van der Waals surface area contributed by atoms with Crippen LogP contribution in [-0.2, 0) is 27.9 Å². The summed E-state index contributed by atoms with van der Waals surface area (Å²) in [6.45, 7) is 6.78. The lowest BCUT2D eigenvalue weighted by Gasteiger charge is -2.30. The Kier molecular flexibility index (Phi) is 55.2. The second-order valence-electron chi connectivity index (χ2n) is 23.6. The zero-order valence-corrected chi connectivity index (χ0v) is 52.1. The highest BCUT2D eigenvalue weighted by atomic mass is 31.2. The minimum Gasteiger partial charge on any atom is -0.756 e. The SMILES string of the molecule is CC/C=C/C/C=C/CCCCCCCCCC(=O)OC(/C=C\CCCCCCCCCCCCC)C(COP(=O)([O-])OCC[N+](C)(C)C)NC(=O)CCCCCCCCCCCCCCCCCCCCCCCCC. The van der Waals surface area contributed by atoms with Gasteiger partial charge in [-0.15, -0.1) is 0 Å². The van der Waals surface area contributed by atoms with Gasteiger partial charge in [0.2, 0.25) is 5.91 Å². The van der Waals surface area contributed by atoms with Crippen LogP contribution in [0.1, 0.15) is 323 Å². The van der Waals surface area contributed by atoms with E-state index in [4.69, 9.17) is 13.8 Å². The van der Waals surface area contributed by atoms with E-state index in [0.29, 0.717) is 17.4 Å². The molecule has 0 fully saturated rings. The monoisotopic (exact) mass is 1090 g/mol.